The molecule has 0 spiro atoms. The fourth-order valence-electron chi connectivity index (χ4n) is 2.69. The Bertz CT molecular complexity index is 949. The summed E-state index contributed by atoms with van der Waals surface area (Å²) in [5.74, 6) is -0.00484. The fourth-order valence-corrected chi connectivity index (χ4v) is 2.69. The molecule has 5 nitrogen and oxygen atoms in total. The molecule has 3 rings (SSSR count). The van der Waals surface area contributed by atoms with Gasteiger partial charge in [-0.15, -0.1) is 0 Å². The fraction of sp³-hybridized carbons (Fsp3) is 0.167. The molecule has 0 N–H and O–H groups in total. The molecule has 0 bridgehead atoms. The van der Waals surface area contributed by atoms with Gasteiger partial charge in [-0.25, -0.2) is 9.59 Å². The molecule has 0 amide bonds. The predicted molar refractivity (Wildman–Crippen MR) is 109 cm³/mol. The first-order valence-corrected chi connectivity index (χ1v) is 9.42. The Balaban J connectivity index is 1.55. The molecule has 0 aliphatic rings. The molecule has 148 valence electrons. The van der Waals surface area contributed by atoms with Crippen molar-refractivity contribution < 1.29 is 23.8 Å². The minimum atomic E-state index is -0.512. The first kappa shape index (κ1) is 20.1. The van der Waals surface area contributed by atoms with Gasteiger partial charge in [-0.1, -0.05) is 36.4 Å². The number of carbonyl (C=O) groups is 2. The van der Waals surface area contributed by atoms with E-state index in [2.05, 4.69) is 12.1 Å². The van der Waals surface area contributed by atoms with E-state index in [9.17, 15) is 9.59 Å². The molecule has 0 aromatic heterocycles. The van der Waals surface area contributed by atoms with Crippen molar-refractivity contribution in [2.75, 3.05) is 13.2 Å². The van der Waals surface area contributed by atoms with Crippen LogP contribution in [0.4, 0.5) is 0 Å². The lowest BCUT2D eigenvalue weighted by molar-refractivity contribution is 0.0524. The summed E-state index contributed by atoms with van der Waals surface area (Å²) < 4.78 is 16.0. The van der Waals surface area contributed by atoms with Crippen molar-refractivity contribution >= 4 is 11.9 Å². The number of hydrogen-bond acceptors (Lipinski definition) is 5. The molecule has 0 heterocycles. The van der Waals surface area contributed by atoms with Gasteiger partial charge in [-0.05, 0) is 55.0 Å². The second-order valence-corrected chi connectivity index (χ2v) is 6.25. The molecule has 3 aromatic rings. The van der Waals surface area contributed by atoms with E-state index in [4.69, 9.17) is 14.2 Å². The molecule has 0 radical (unpaired) electrons. The van der Waals surface area contributed by atoms with Gasteiger partial charge in [0.15, 0.2) is 0 Å². The van der Waals surface area contributed by atoms with E-state index >= 15 is 0 Å². The zero-order valence-corrected chi connectivity index (χ0v) is 16.2. The average molecular weight is 390 g/mol. The van der Waals surface area contributed by atoms with Crippen LogP contribution >= 0.6 is 0 Å². The Labute approximate surface area is 169 Å². The van der Waals surface area contributed by atoms with Crippen LogP contribution in [0, 0.1) is 0 Å². The van der Waals surface area contributed by atoms with Crippen LogP contribution in [0.25, 0.3) is 0 Å². The van der Waals surface area contributed by atoms with E-state index in [-0.39, 0.29) is 12.4 Å². The van der Waals surface area contributed by atoms with Crippen LogP contribution in [-0.4, -0.2) is 25.2 Å². The highest BCUT2D eigenvalue weighted by Gasteiger charge is 2.12. The molecule has 0 unspecified atom stereocenters. The third-order valence-corrected chi connectivity index (χ3v) is 4.15. The van der Waals surface area contributed by atoms with E-state index in [1.54, 1.807) is 49.4 Å². The quantitative estimate of drug-likeness (QED) is 0.412. The monoisotopic (exact) mass is 390 g/mol. The minimum Gasteiger partial charge on any atom is -0.493 e. The lowest BCUT2D eigenvalue weighted by Gasteiger charge is -2.08. The Kier molecular flexibility index (Phi) is 7.00. The third kappa shape index (κ3) is 5.94. The molecule has 0 aliphatic carbocycles. The first-order chi connectivity index (χ1) is 14.2. The van der Waals surface area contributed by atoms with Crippen molar-refractivity contribution in [3.63, 3.8) is 0 Å². The Morgan fingerprint density at radius 2 is 1.52 bits per heavy atom. The van der Waals surface area contributed by atoms with Crippen LogP contribution in [0.5, 0.6) is 11.5 Å². The smallest absolute Gasteiger partial charge is 0.343 e. The molecule has 29 heavy (non-hydrogen) atoms. The van der Waals surface area contributed by atoms with E-state index < -0.39 is 11.9 Å². The van der Waals surface area contributed by atoms with E-state index in [1.165, 1.54) is 11.6 Å². The maximum absolute atomic E-state index is 12.4. The Morgan fingerprint density at radius 1 is 0.759 bits per heavy atom. The molecule has 0 saturated heterocycles. The molecule has 0 atom stereocenters. The summed E-state index contributed by atoms with van der Waals surface area (Å²) in [6.45, 7) is 2.56. The predicted octanol–water partition coefficient (Wildman–Crippen LogP) is 4.70. The standard InChI is InChI=1S/C24H22O5/c1-2-27-23(25)20-9-6-10-22(17-20)29-24(26)19-11-13-21(14-12-19)28-16-15-18-7-4-3-5-8-18/h3-14,17H,2,15-16H2,1H3. The van der Waals surface area contributed by atoms with Crippen molar-refractivity contribution in [3.05, 3.63) is 95.6 Å². The van der Waals surface area contributed by atoms with Crippen molar-refractivity contribution in [2.45, 2.75) is 13.3 Å². The zero-order valence-electron chi connectivity index (χ0n) is 16.2. The van der Waals surface area contributed by atoms with Gasteiger partial charge < -0.3 is 14.2 Å². The summed E-state index contributed by atoms with van der Waals surface area (Å²) >= 11 is 0. The molecule has 5 heteroatoms. The van der Waals surface area contributed by atoms with Crippen LogP contribution in [0.15, 0.2) is 78.9 Å². The van der Waals surface area contributed by atoms with Crippen molar-refractivity contribution in [2.24, 2.45) is 0 Å². The molecule has 0 saturated carbocycles. The normalized spacial score (nSPS) is 10.2. The van der Waals surface area contributed by atoms with Gasteiger partial charge in [0.1, 0.15) is 11.5 Å². The van der Waals surface area contributed by atoms with Crippen LogP contribution in [0.1, 0.15) is 33.2 Å². The van der Waals surface area contributed by atoms with Gasteiger partial charge in [-0.3, -0.25) is 0 Å². The SMILES string of the molecule is CCOC(=O)c1cccc(OC(=O)c2ccc(OCCc3ccccc3)cc2)c1. The topological polar surface area (TPSA) is 61.8 Å². The highest BCUT2D eigenvalue weighted by Crippen LogP contribution is 2.18. The summed E-state index contributed by atoms with van der Waals surface area (Å²) in [6, 6.07) is 23.2. The average Bonchev–Trinajstić information content (AvgIpc) is 2.75. The lowest BCUT2D eigenvalue weighted by atomic mass is 10.2. The second-order valence-electron chi connectivity index (χ2n) is 6.25. The molecule has 0 fully saturated rings. The highest BCUT2D eigenvalue weighted by atomic mass is 16.5. The van der Waals surface area contributed by atoms with Crippen LogP contribution in [0.3, 0.4) is 0 Å². The van der Waals surface area contributed by atoms with Crippen molar-refractivity contribution in [3.8, 4) is 11.5 Å². The molecular weight excluding hydrogens is 368 g/mol. The van der Waals surface area contributed by atoms with E-state index in [0.717, 1.165) is 6.42 Å². The van der Waals surface area contributed by atoms with Gasteiger partial charge in [0.05, 0.1) is 24.3 Å². The van der Waals surface area contributed by atoms with Crippen molar-refractivity contribution in [1.29, 1.82) is 0 Å². The van der Waals surface area contributed by atoms with Gasteiger partial charge in [0, 0.05) is 6.42 Å². The Hall–Kier alpha value is -3.60. The van der Waals surface area contributed by atoms with E-state index in [1.807, 2.05) is 18.2 Å². The highest BCUT2D eigenvalue weighted by molar-refractivity contribution is 5.92. The summed E-state index contributed by atoms with van der Waals surface area (Å²) in [5.41, 5.74) is 1.93. The van der Waals surface area contributed by atoms with Gasteiger partial charge >= 0.3 is 11.9 Å². The van der Waals surface area contributed by atoms with Crippen LogP contribution in [-0.2, 0) is 11.2 Å². The summed E-state index contributed by atoms with van der Waals surface area (Å²) in [6.07, 6.45) is 0.807. The number of hydrogen-bond donors (Lipinski definition) is 0. The Morgan fingerprint density at radius 3 is 2.24 bits per heavy atom. The maximum Gasteiger partial charge on any atom is 0.343 e. The number of carbonyl (C=O) groups excluding carboxylic acids is 2. The third-order valence-electron chi connectivity index (χ3n) is 4.15. The van der Waals surface area contributed by atoms with Crippen LogP contribution < -0.4 is 9.47 Å². The number of benzene rings is 3. The largest absolute Gasteiger partial charge is 0.493 e. The lowest BCUT2D eigenvalue weighted by Crippen LogP contribution is -2.10. The van der Waals surface area contributed by atoms with Crippen LogP contribution in [0.2, 0.25) is 0 Å². The van der Waals surface area contributed by atoms with Gasteiger partial charge in [0.25, 0.3) is 0 Å². The summed E-state index contributed by atoms with van der Waals surface area (Å²) in [5, 5.41) is 0. The second kappa shape index (κ2) is 10.1. The summed E-state index contributed by atoms with van der Waals surface area (Å²) in [7, 11) is 0. The van der Waals surface area contributed by atoms with Gasteiger partial charge in [-0.2, -0.15) is 0 Å². The molecule has 0 aliphatic heterocycles. The summed E-state index contributed by atoms with van der Waals surface area (Å²) in [4.78, 5) is 24.1. The molecule has 3 aromatic carbocycles. The van der Waals surface area contributed by atoms with Crippen molar-refractivity contribution in [1.82, 2.24) is 0 Å². The number of esters is 2. The maximum atomic E-state index is 12.4. The minimum absolute atomic E-state index is 0.280. The molecular formula is C24H22O5. The zero-order chi connectivity index (χ0) is 20.5. The van der Waals surface area contributed by atoms with E-state index in [0.29, 0.717) is 23.5 Å². The first-order valence-electron chi connectivity index (χ1n) is 9.42. The van der Waals surface area contributed by atoms with Gasteiger partial charge in [0.2, 0.25) is 0 Å². The number of ether oxygens (including phenoxy) is 3. The number of rotatable bonds is 8.